The van der Waals surface area contributed by atoms with E-state index < -0.39 is 10.0 Å². The Morgan fingerprint density at radius 2 is 1.95 bits per heavy atom. The van der Waals surface area contributed by atoms with Gasteiger partial charge in [0.2, 0.25) is 10.0 Å². The van der Waals surface area contributed by atoms with Crippen molar-refractivity contribution in [3.8, 4) is 0 Å². The number of halogens is 1. The number of rotatable bonds is 3. The number of aryl methyl sites for hydroxylation is 1. The highest BCUT2D eigenvalue weighted by molar-refractivity contribution is 9.10. The third kappa shape index (κ3) is 3.34. The van der Waals surface area contributed by atoms with E-state index in [2.05, 4.69) is 21.2 Å². The summed E-state index contributed by atoms with van der Waals surface area (Å²) >= 11 is 3.22. The lowest BCUT2D eigenvalue weighted by Crippen LogP contribution is -2.17. The molecule has 1 aromatic carbocycles. The molecule has 21 heavy (non-hydrogen) atoms. The van der Waals surface area contributed by atoms with Crippen LogP contribution in [0.1, 0.15) is 16.2 Å². The average molecular weight is 372 g/mol. The summed E-state index contributed by atoms with van der Waals surface area (Å²) in [6.07, 6.45) is 0. The summed E-state index contributed by atoms with van der Waals surface area (Å²) in [5.74, 6) is -0.283. The van der Waals surface area contributed by atoms with Gasteiger partial charge in [0.15, 0.2) is 0 Å². The number of amides is 1. The highest BCUT2D eigenvalue weighted by Crippen LogP contribution is 2.25. The number of nitrogens with zero attached hydrogens (tertiary/aromatic N) is 1. The number of carbonyl (C=O) groups is 1. The maximum atomic E-state index is 12.2. The maximum absolute atomic E-state index is 12.2. The van der Waals surface area contributed by atoms with Crippen molar-refractivity contribution in [2.24, 2.45) is 12.2 Å². The fraction of sp³-hybridized carbons (Fsp3) is 0.154. The molecule has 0 saturated heterocycles. The molecule has 0 aliphatic heterocycles. The molecule has 0 unspecified atom stereocenters. The Labute approximate surface area is 131 Å². The molecule has 112 valence electrons. The van der Waals surface area contributed by atoms with Gasteiger partial charge in [-0.3, -0.25) is 4.79 Å². The monoisotopic (exact) mass is 371 g/mol. The van der Waals surface area contributed by atoms with Gasteiger partial charge in [0.1, 0.15) is 5.69 Å². The molecule has 0 saturated carbocycles. The van der Waals surface area contributed by atoms with Crippen molar-refractivity contribution < 1.29 is 13.2 Å². The van der Waals surface area contributed by atoms with Crippen molar-refractivity contribution in [3.05, 3.63) is 46.2 Å². The molecule has 2 rings (SSSR count). The Kier molecular flexibility index (Phi) is 4.22. The predicted octanol–water partition coefficient (Wildman–Crippen LogP) is 2.00. The number of sulfonamides is 1. The number of hydrogen-bond acceptors (Lipinski definition) is 3. The molecule has 1 aromatic heterocycles. The molecule has 6 nitrogen and oxygen atoms in total. The number of nitrogens with two attached hydrogens (primary N) is 1. The van der Waals surface area contributed by atoms with E-state index in [0.717, 1.165) is 5.69 Å². The SMILES string of the molecule is Cc1ccc(C(=O)Nc2ccc(S(N)(=O)=O)cc2Br)n1C. The van der Waals surface area contributed by atoms with Gasteiger partial charge < -0.3 is 9.88 Å². The van der Waals surface area contributed by atoms with E-state index in [1.807, 2.05) is 13.0 Å². The van der Waals surface area contributed by atoms with Gasteiger partial charge in [-0.1, -0.05) is 0 Å². The smallest absolute Gasteiger partial charge is 0.272 e. The zero-order chi connectivity index (χ0) is 15.8. The number of carbonyl (C=O) groups excluding carboxylic acids is 1. The first-order valence-corrected chi connectivity index (χ1v) is 8.30. The van der Waals surface area contributed by atoms with Crippen LogP contribution in [-0.4, -0.2) is 18.9 Å². The van der Waals surface area contributed by atoms with Gasteiger partial charge in [-0.15, -0.1) is 0 Å². The van der Waals surface area contributed by atoms with Crippen LogP contribution in [0.5, 0.6) is 0 Å². The summed E-state index contributed by atoms with van der Waals surface area (Å²) in [4.78, 5) is 12.2. The maximum Gasteiger partial charge on any atom is 0.272 e. The fourth-order valence-corrected chi connectivity index (χ4v) is 2.97. The van der Waals surface area contributed by atoms with E-state index in [1.165, 1.54) is 18.2 Å². The molecule has 0 fully saturated rings. The van der Waals surface area contributed by atoms with Gasteiger partial charge in [-0.05, 0) is 53.2 Å². The van der Waals surface area contributed by atoms with Crippen LogP contribution >= 0.6 is 15.9 Å². The van der Waals surface area contributed by atoms with E-state index in [4.69, 9.17) is 5.14 Å². The second-order valence-corrected chi connectivity index (χ2v) is 6.98. The van der Waals surface area contributed by atoms with Gasteiger partial charge in [-0.25, -0.2) is 13.6 Å². The van der Waals surface area contributed by atoms with Gasteiger partial charge in [0, 0.05) is 17.2 Å². The van der Waals surface area contributed by atoms with Crippen LogP contribution in [0.15, 0.2) is 39.7 Å². The Bertz CT molecular complexity index is 812. The minimum Gasteiger partial charge on any atom is -0.344 e. The topological polar surface area (TPSA) is 94.2 Å². The molecule has 1 amide bonds. The summed E-state index contributed by atoms with van der Waals surface area (Å²) in [5, 5.41) is 7.77. The van der Waals surface area contributed by atoms with Crippen LogP contribution in [0.3, 0.4) is 0 Å². The van der Waals surface area contributed by atoms with Crippen molar-refractivity contribution >= 4 is 37.5 Å². The largest absolute Gasteiger partial charge is 0.344 e. The molecule has 0 aliphatic carbocycles. The first-order chi connectivity index (χ1) is 9.70. The standard InChI is InChI=1S/C13H14BrN3O3S/c1-8-3-6-12(17(8)2)13(18)16-11-5-4-9(7-10(11)14)21(15,19)20/h3-7H,1-2H3,(H,16,18)(H2,15,19,20). The second-order valence-electron chi connectivity index (χ2n) is 4.56. The number of nitrogens with one attached hydrogen (secondary N) is 1. The minimum atomic E-state index is -3.77. The number of benzene rings is 1. The highest BCUT2D eigenvalue weighted by atomic mass is 79.9. The Hall–Kier alpha value is -1.64. The Morgan fingerprint density at radius 3 is 2.43 bits per heavy atom. The molecule has 2 aromatic rings. The molecule has 0 bridgehead atoms. The molecule has 0 atom stereocenters. The molecule has 8 heteroatoms. The van der Waals surface area contributed by atoms with Crippen LogP contribution in [-0.2, 0) is 17.1 Å². The van der Waals surface area contributed by atoms with Crippen molar-refractivity contribution in [1.29, 1.82) is 0 Å². The Morgan fingerprint density at radius 1 is 1.29 bits per heavy atom. The lowest BCUT2D eigenvalue weighted by atomic mass is 10.3. The fourth-order valence-electron chi connectivity index (χ4n) is 1.80. The van der Waals surface area contributed by atoms with Gasteiger partial charge in [-0.2, -0.15) is 0 Å². The molecule has 3 N–H and O–H groups in total. The highest BCUT2D eigenvalue weighted by Gasteiger charge is 2.14. The van der Waals surface area contributed by atoms with Gasteiger partial charge in [0.05, 0.1) is 10.6 Å². The van der Waals surface area contributed by atoms with E-state index in [-0.39, 0.29) is 10.8 Å². The molecule has 0 radical (unpaired) electrons. The predicted molar refractivity (Wildman–Crippen MR) is 83.6 cm³/mol. The van der Waals surface area contributed by atoms with Crippen LogP contribution in [0, 0.1) is 6.92 Å². The summed E-state index contributed by atoms with van der Waals surface area (Å²) in [5.41, 5.74) is 1.94. The summed E-state index contributed by atoms with van der Waals surface area (Å²) in [6, 6.07) is 7.73. The second kappa shape index (κ2) is 5.63. The van der Waals surface area contributed by atoms with Gasteiger partial charge >= 0.3 is 0 Å². The molecule has 0 spiro atoms. The number of aromatic nitrogens is 1. The average Bonchev–Trinajstić information content (AvgIpc) is 2.71. The van der Waals surface area contributed by atoms with Crippen molar-refractivity contribution in [2.75, 3.05) is 5.32 Å². The number of anilines is 1. The van der Waals surface area contributed by atoms with Crippen molar-refractivity contribution in [2.45, 2.75) is 11.8 Å². The Balaban J connectivity index is 2.28. The number of hydrogen-bond donors (Lipinski definition) is 2. The lowest BCUT2D eigenvalue weighted by Gasteiger charge is -2.10. The first-order valence-electron chi connectivity index (χ1n) is 5.96. The number of primary sulfonamides is 1. The summed E-state index contributed by atoms with van der Waals surface area (Å²) < 4.78 is 24.7. The normalized spacial score (nSPS) is 11.4. The van der Waals surface area contributed by atoms with E-state index in [0.29, 0.717) is 15.9 Å². The molecular formula is C13H14BrN3O3S. The van der Waals surface area contributed by atoms with Crippen LogP contribution in [0.25, 0.3) is 0 Å². The first kappa shape index (κ1) is 15.7. The van der Waals surface area contributed by atoms with Crippen LogP contribution < -0.4 is 10.5 Å². The van der Waals surface area contributed by atoms with Crippen LogP contribution in [0.4, 0.5) is 5.69 Å². The molecular weight excluding hydrogens is 358 g/mol. The lowest BCUT2D eigenvalue weighted by molar-refractivity contribution is 0.101. The molecule has 0 aliphatic rings. The summed E-state index contributed by atoms with van der Waals surface area (Å²) in [6.45, 7) is 1.90. The van der Waals surface area contributed by atoms with Crippen molar-refractivity contribution in [3.63, 3.8) is 0 Å². The quantitative estimate of drug-likeness (QED) is 0.863. The van der Waals surface area contributed by atoms with Gasteiger partial charge in [0.25, 0.3) is 5.91 Å². The minimum absolute atomic E-state index is 0.0258. The van der Waals surface area contributed by atoms with E-state index >= 15 is 0 Å². The van der Waals surface area contributed by atoms with E-state index in [9.17, 15) is 13.2 Å². The van der Waals surface area contributed by atoms with E-state index in [1.54, 1.807) is 17.7 Å². The zero-order valence-electron chi connectivity index (χ0n) is 11.4. The third-order valence-electron chi connectivity index (χ3n) is 3.12. The van der Waals surface area contributed by atoms with Crippen LogP contribution in [0.2, 0.25) is 0 Å². The zero-order valence-corrected chi connectivity index (χ0v) is 13.8. The summed E-state index contributed by atoms with van der Waals surface area (Å²) in [7, 11) is -1.98. The molecule has 1 heterocycles. The van der Waals surface area contributed by atoms with Crippen molar-refractivity contribution in [1.82, 2.24) is 4.57 Å². The third-order valence-corrected chi connectivity index (χ3v) is 4.69.